The van der Waals surface area contributed by atoms with Crippen molar-refractivity contribution in [3.05, 3.63) is 0 Å². The van der Waals surface area contributed by atoms with Crippen molar-refractivity contribution >= 4 is 11.8 Å². The summed E-state index contributed by atoms with van der Waals surface area (Å²) in [5.74, 6) is 0.00831. The van der Waals surface area contributed by atoms with Gasteiger partial charge in [-0.15, -0.1) is 0 Å². The molecule has 2 aliphatic carbocycles. The quantitative estimate of drug-likeness (QED) is 0.718. The molecule has 2 fully saturated rings. The number of hydrogen-bond acceptors (Lipinski definition) is 3. The Morgan fingerprint density at radius 2 is 1.90 bits per heavy atom. The first-order chi connectivity index (χ1) is 10.1. The van der Waals surface area contributed by atoms with E-state index in [1.807, 2.05) is 6.92 Å². The molecule has 0 aromatic carbocycles. The fourth-order valence-corrected chi connectivity index (χ4v) is 3.56. The van der Waals surface area contributed by atoms with Crippen LogP contribution in [0.4, 0.5) is 0 Å². The van der Waals surface area contributed by atoms with Gasteiger partial charge in [-0.3, -0.25) is 9.59 Å². The number of amides is 2. The van der Waals surface area contributed by atoms with E-state index in [4.69, 9.17) is 5.73 Å². The highest BCUT2D eigenvalue weighted by molar-refractivity contribution is 5.92. The van der Waals surface area contributed by atoms with Gasteiger partial charge in [0.2, 0.25) is 11.8 Å². The summed E-state index contributed by atoms with van der Waals surface area (Å²) in [4.78, 5) is 25.0. The normalized spacial score (nSPS) is 28.1. The minimum atomic E-state index is -0.683. The predicted molar refractivity (Wildman–Crippen MR) is 82.6 cm³/mol. The predicted octanol–water partition coefficient (Wildman–Crippen LogP) is 1.46. The smallest absolute Gasteiger partial charge is 0.245 e. The molecule has 2 amide bonds. The van der Waals surface area contributed by atoms with Crippen LogP contribution in [0.15, 0.2) is 0 Å². The second-order valence-electron chi connectivity index (χ2n) is 6.66. The fourth-order valence-electron chi connectivity index (χ4n) is 3.56. The third-order valence-electron chi connectivity index (χ3n) is 4.88. The highest BCUT2D eigenvalue weighted by Gasteiger charge is 2.42. The lowest BCUT2D eigenvalue weighted by Crippen LogP contribution is -2.60. The average Bonchev–Trinajstić information content (AvgIpc) is 2.92. The van der Waals surface area contributed by atoms with E-state index in [2.05, 4.69) is 10.6 Å². The molecule has 0 radical (unpaired) electrons. The third-order valence-corrected chi connectivity index (χ3v) is 4.88. The van der Waals surface area contributed by atoms with Gasteiger partial charge in [0.15, 0.2) is 0 Å². The lowest BCUT2D eigenvalue weighted by atomic mass is 9.80. The van der Waals surface area contributed by atoms with Crippen LogP contribution in [-0.4, -0.2) is 29.9 Å². The van der Waals surface area contributed by atoms with Gasteiger partial charge in [0.05, 0.1) is 0 Å². The number of carbonyl (C=O) groups is 2. The maximum atomic E-state index is 12.5. The summed E-state index contributed by atoms with van der Waals surface area (Å²) in [6.45, 7) is 2.71. The van der Waals surface area contributed by atoms with Crippen LogP contribution < -0.4 is 16.4 Å². The first-order valence-corrected chi connectivity index (χ1v) is 8.43. The third kappa shape index (κ3) is 3.96. The molecule has 0 saturated heterocycles. The molecule has 0 bridgehead atoms. The van der Waals surface area contributed by atoms with E-state index in [0.29, 0.717) is 6.54 Å². The van der Waals surface area contributed by atoms with Crippen LogP contribution in [0.1, 0.15) is 64.7 Å². The molecular formula is C16H29N3O2. The molecule has 21 heavy (non-hydrogen) atoms. The van der Waals surface area contributed by atoms with Crippen molar-refractivity contribution < 1.29 is 9.59 Å². The van der Waals surface area contributed by atoms with Crippen LogP contribution >= 0.6 is 0 Å². The van der Waals surface area contributed by atoms with E-state index in [-0.39, 0.29) is 23.8 Å². The number of hydrogen-bond donors (Lipinski definition) is 3. The van der Waals surface area contributed by atoms with Crippen LogP contribution in [0.25, 0.3) is 0 Å². The molecule has 0 heterocycles. The highest BCUT2D eigenvalue weighted by atomic mass is 16.2. The number of nitrogens with two attached hydrogens (primary N) is 1. The van der Waals surface area contributed by atoms with E-state index < -0.39 is 5.54 Å². The molecule has 2 saturated carbocycles. The molecule has 2 aliphatic rings. The van der Waals surface area contributed by atoms with Crippen molar-refractivity contribution in [2.24, 2.45) is 11.7 Å². The Hall–Kier alpha value is -1.10. The lowest BCUT2D eigenvalue weighted by molar-refractivity contribution is -0.136. The van der Waals surface area contributed by atoms with E-state index in [1.165, 1.54) is 0 Å². The Kier molecular flexibility index (Phi) is 5.62. The minimum absolute atomic E-state index is 0.000282. The van der Waals surface area contributed by atoms with Gasteiger partial charge in [0.1, 0.15) is 5.54 Å². The van der Waals surface area contributed by atoms with E-state index in [1.54, 1.807) is 0 Å². The van der Waals surface area contributed by atoms with Crippen LogP contribution in [0.2, 0.25) is 0 Å². The summed E-state index contributed by atoms with van der Waals surface area (Å²) in [7, 11) is 0. The molecule has 2 rings (SSSR count). The second kappa shape index (κ2) is 7.25. The number of nitrogens with one attached hydrogen (secondary N) is 2. The fraction of sp³-hybridized carbons (Fsp3) is 0.875. The van der Waals surface area contributed by atoms with Gasteiger partial charge in [-0.2, -0.15) is 0 Å². The van der Waals surface area contributed by atoms with Crippen LogP contribution in [0.5, 0.6) is 0 Å². The maximum absolute atomic E-state index is 12.5. The Labute approximate surface area is 127 Å². The van der Waals surface area contributed by atoms with Gasteiger partial charge in [0.25, 0.3) is 0 Å². The molecule has 5 heteroatoms. The molecule has 0 aromatic heterocycles. The Morgan fingerprint density at radius 3 is 2.48 bits per heavy atom. The summed E-state index contributed by atoms with van der Waals surface area (Å²) in [5.41, 5.74) is 5.21. The summed E-state index contributed by atoms with van der Waals surface area (Å²) >= 11 is 0. The summed E-state index contributed by atoms with van der Waals surface area (Å²) < 4.78 is 0. The number of carbonyl (C=O) groups excluding carboxylic acids is 2. The highest BCUT2D eigenvalue weighted by Crippen LogP contribution is 2.31. The van der Waals surface area contributed by atoms with Gasteiger partial charge in [-0.05, 0) is 38.5 Å². The molecule has 2 atom stereocenters. The first kappa shape index (κ1) is 16.3. The topological polar surface area (TPSA) is 84.2 Å². The minimum Gasteiger partial charge on any atom is -0.354 e. The second-order valence-corrected chi connectivity index (χ2v) is 6.66. The molecule has 0 aliphatic heterocycles. The molecule has 120 valence electrons. The summed E-state index contributed by atoms with van der Waals surface area (Å²) in [6.07, 6.45) is 8.08. The zero-order chi connectivity index (χ0) is 15.3. The Morgan fingerprint density at radius 1 is 1.19 bits per heavy atom. The van der Waals surface area contributed by atoms with Crippen molar-refractivity contribution in [1.82, 2.24) is 10.6 Å². The number of rotatable bonds is 5. The van der Waals surface area contributed by atoms with E-state index in [9.17, 15) is 9.59 Å². The molecule has 5 nitrogen and oxygen atoms in total. The molecule has 0 aromatic rings. The van der Waals surface area contributed by atoms with Crippen molar-refractivity contribution in [3.8, 4) is 0 Å². The van der Waals surface area contributed by atoms with Crippen molar-refractivity contribution in [1.29, 1.82) is 0 Å². The van der Waals surface area contributed by atoms with Crippen LogP contribution in [0, 0.1) is 5.92 Å². The Balaban J connectivity index is 2.01. The zero-order valence-corrected chi connectivity index (χ0v) is 13.1. The zero-order valence-electron chi connectivity index (χ0n) is 13.1. The van der Waals surface area contributed by atoms with Gasteiger partial charge in [0, 0.05) is 18.5 Å². The van der Waals surface area contributed by atoms with Crippen molar-refractivity contribution in [3.63, 3.8) is 0 Å². The standard InChI is InChI=1S/C16H29N3O2/c1-2-10-18-15(21)16(8-4-3-5-9-16)19-14(20)12-6-7-13(17)11-12/h12-13H,2-11,17H2,1H3,(H,18,21)(H,19,20). The van der Waals surface area contributed by atoms with Gasteiger partial charge < -0.3 is 16.4 Å². The molecule has 0 spiro atoms. The summed E-state index contributed by atoms with van der Waals surface area (Å²) in [6, 6.07) is 0.136. The molecular weight excluding hydrogens is 266 g/mol. The van der Waals surface area contributed by atoms with Crippen LogP contribution in [-0.2, 0) is 9.59 Å². The average molecular weight is 295 g/mol. The van der Waals surface area contributed by atoms with Gasteiger partial charge in [-0.25, -0.2) is 0 Å². The van der Waals surface area contributed by atoms with Crippen molar-refractivity contribution in [2.45, 2.75) is 76.3 Å². The van der Waals surface area contributed by atoms with Crippen molar-refractivity contribution in [2.75, 3.05) is 6.54 Å². The lowest BCUT2D eigenvalue weighted by Gasteiger charge is -2.37. The Bertz CT molecular complexity index is 378. The molecule has 2 unspecified atom stereocenters. The van der Waals surface area contributed by atoms with Gasteiger partial charge >= 0.3 is 0 Å². The molecule has 4 N–H and O–H groups in total. The first-order valence-electron chi connectivity index (χ1n) is 8.43. The monoisotopic (exact) mass is 295 g/mol. The van der Waals surface area contributed by atoms with Crippen LogP contribution in [0.3, 0.4) is 0 Å². The van der Waals surface area contributed by atoms with E-state index >= 15 is 0 Å². The summed E-state index contributed by atoms with van der Waals surface area (Å²) in [5, 5.41) is 6.07. The van der Waals surface area contributed by atoms with E-state index in [0.717, 1.165) is 57.8 Å². The van der Waals surface area contributed by atoms with Gasteiger partial charge in [-0.1, -0.05) is 26.2 Å². The maximum Gasteiger partial charge on any atom is 0.245 e. The largest absolute Gasteiger partial charge is 0.354 e. The SMILES string of the molecule is CCCNC(=O)C1(NC(=O)C2CCC(N)C2)CCCCC1.